The van der Waals surface area contributed by atoms with E-state index in [-0.39, 0.29) is 11.9 Å². The Morgan fingerprint density at radius 2 is 2.11 bits per heavy atom. The van der Waals surface area contributed by atoms with E-state index in [9.17, 15) is 4.79 Å². The molecule has 6 heteroatoms. The fraction of sp³-hybridized carbons (Fsp3) is 0.545. The van der Waals surface area contributed by atoms with Crippen molar-refractivity contribution >= 4 is 11.6 Å². The summed E-state index contributed by atoms with van der Waals surface area (Å²) < 4.78 is 5.58. The molecule has 0 bridgehead atoms. The molecule has 0 spiro atoms. The van der Waals surface area contributed by atoms with E-state index in [1.54, 1.807) is 0 Å². The molecule has 2 atom stereocenters. The van der Waals surface area contributed by atoms with Crippen LogP contribution in [0.5, 0.6) is 0 Å². The van der Waals surface area contributed by atoms with Crippen molar-refractivity contribution in [2.45, 2.75) is 45.7 Å². The third kappa shape index (κ3) is 5.83. The highest BCUT2D eigenvalue weighted by molar-refractivity contribution is 5.76. The van der Waals surface area contributed by atoms with E-state index in [1.807, 2.05) is 39.1 Å². The number of piperidine rings is 1. The smallest absolute Gasteiger partial charge is 0.220 e. The normalized spacial score (nSPS) is 19.6. The van der Waals surface area contributed by atoms with Crippen molar-refractivity contribution in [2.75, 3.05) is 25.0 Å². The number of aromatic nitrogens is 1. The number of nitrogens with zero attached hydrogens (tertiary/aromatic N) is 2. The van der Waals surface area contributed by atoms with Crippen molar-refractivity contribution < 1.29 is 9.32 Å². The molecular formula is C22H32N4O2. The second-order valence-electron chi connectivity index (χ2n) is 8.12. The fourth-order valence-corrected chi connectivity index (χ4v) is 3.91. The Labute approximate surface area is 167 Å². The van der Waals surface area contributed by atoms with Gasteiger partial charge in [0.2, 0.25) is 5.91 Å². The molecule has 0 unspecified atom stereocenters. The largest absolute Gasteiger partial charge is 0.367 e. The molecule has 1 saturated heterocycles. The Hall–Kier alpha value is -2.34. The van der Waals surface area contributed by atoms with E-state index in [0.717, 1.165) is 43.1 Å². The second kappa shape index (κ2) is 9.73. The zero-order valence-electron chi connectivity index (χ0n) is 17.1. The number of para-hydroxylation sites is 1. The first kappa shape index (κ1) is 20.4. The lowest BCUT2D eigenvalue weighted by atomic mass is 9.81. The van der Waals surface area contributed by atoms with Crippen LogP contribution in [-0.4, -0.2) is 37.2 Å². The van der Waals surface area contributed by atoms with Gasteiger partial charge in [0.1, 0.15) is 0 Å². The third-order valence-electron chi connectivity index (χ3n) is 5.33. The summed E-state index contributed by atoms with van der Waals surface area (Å²) in [4.78, 5) is 14.4. The first-order valence-corrected chi connectivity index (χ1v) is 10.2. The molecule has 6 nitrogen and oxygen atoms in total. The summed E-state index contributed by atoms with van der Waals surface area (Å²) in [5.41, 5.74) is 2.12. The molecule has 0 aliphatic carbocycles. The molecule has 1 fully saturated rings. The third-order valence-corrected chi connectivity index (χ3v) is 5.33. The van der Waals surface area contributed by atoms with Gasteiger partial charge >= 0.3 is 0 Å². The van der Waals surface area contributed by atoms with Gasteiger partial charge in [-0.15, -0.1) is 0 Å². The monoisotopic (exact) mass is 384 g/mol. The molecule has 1 aliphatic rings. The minimum atomic E-state index is 0.150. The van der Waals surface area contributed by atoms with Gasteiger partial charge in [-0.1, -0.05) is 23.4 Å². The predicted octanol–water partition coefficient (Wildman–Crippen LogP) is 2.99. The lowest BCUT2D eigenvalue weighted by Gasteiger charge is -2.31. The van der Waals surface area contributed by atoms with E-state index in [0.29, 0.717) is 24.8 Å². The molecule has 2 N–H and O–H groups in total. The Kier molecular flexibility index (Phi) is 7.09. The topological polar surface area (TPSA) is 70.4 Å². The zero-order valence-corrected chi connectivity index (χ0v) is 17.1. The van der Waals surface area contributed by atoms with Crippen molar-refractivity contribution in [1.29, 1.82) is 0 Å². The van der Waals surface area contributed by atoms with Crippen LogP contribution in [0, 0.1) is 11.8 Å². The molecule has 1 aliphatic heterocycles. The van der Waals surface area contributed by atoms with Crippen molar-refractivity contribution in [3.05, 3.63) is 47.9 Å². The highest BCUT2D eigenvalue weighted by Crippen LogP contribution is 2.26. The van der Waals surface area contributed by atoms with Crippen LogP contribution in [0.1, 0.15) is 38.1 Å². The molecule has 1 aromatic heterocycles. The molecule has 2 aromatic rings. The summed E-state index contributed by atoms with van der Waals surface area (Å²) in [7, 11) is 2.05. The summed E-state index contributed by atoms with van der Waals surface area (Å²) in [5, 5.41) is 10.8. The number of carbonyl (C=O) groups excluding carboxylic acids is 1. The van der Waals surface area contributed by atoms with E-state index in [1.165, 1.54) is 0 Å². The van der Waals surface area contributed by atoms with Crippen LogP contribution < -0.4 is 15.5 Å². The molecule has 0 saturated carbocycles. The van der Waals surface area contributed by atoms with Crippen molar-refractivity contribution in [1.82, 2.24) is 15.8 Å². The highest BCUT2D eigenvalue weighted by Gasteiger charge is 2.28. The highest BCUT2D eigenvalue weighted by atomic mass is 16.5. The average Bonchev–Trinajstić information content (AvgIpc) is 3.10. The summed E-state index contributed by atoms with van der Waals surface area (Å²) in [6.07, 6.45) is 2.45. The van der Waals surface area contributed by atoms with Gasteiger partial charge in [0.15, 0.2) is 5.76 Å². The van der Waals surface area contributed by atoms with Gasteiger partial charge in [0.05, 0.1) is 12.2 Å². The summed E-state index contributed by atoms with van der Waals surface area (Å²) in [6, 6.07) is 12.5. The first-order chi connectivity index (χ1) is 13.5. The van der Waals surface area contributed by atoms with Crippen LogP contribution in [0.2, 0.25) is 0 Å². The van der Waals surface area contributed by atoms with Gasteiger partial charge in [0.25, 0.3) is 0 Å². The van der Waals surface area contributed by atoms with Crippen molar-refractivity contribution in [3.63, 3.8) is 0 Å². The SMILES string of the molecule is CC(C)NC(=O)C[C@H]1CCNC[C@@H]1Cc1cc(CN(C)c2ccccc2)on1. The molecule has 152 valence electrons. The Morgan fingerprint density at radius 3 is 2.86 bits per heavy atom. The van der Waals surface area contributed by atoms with Crippen LogP contribution >= 0.6 is 0 Å². The van der Waals surface area contributed by atoms with Crippen LogP contribution in [0.3, 0.4) is 0 Å². The lowest BCUT2D eigenvalue weighted by molar-refractivity contribution is -0.123. The number of nitrogens with one attached hydrogen (secondary N) is 2. The molecule has 1 amide bonds. The van der Waals surface area contributed by atoms with Gasteiger partial charge in [-0.05, 0) is 63.7 Å². The minimum absolute atomic E-state index is 0.150. The fourth-order valence-electron chi connectivity index (χ4n) is 3.91. The molecular weight excluding hydrogens is 352 g/mol. The summed E-state index contributed by atoms with van der Waals surface area (Å²) >= 11 is 0. The van der Waals surface area contributed by atoms with Gasteiger partial charge in [-0.2, -0.15) is 0 Å². The maximum Gasteiger partial charge on any atom is 0.220 e. The van der Waals surface area contributed by atoms with Gasteiger partial charge in [-0.3, -0.25) is 4.79 Å². The van der Waals surface area contributed by atoms with E-state index >= 15 is 0 Å². The quantitative estimate of drug-likeness (QED) is 0.732. The molecule has 28 heavy (non-hydrogen) atoms. The lowest BCUT2D eigenvalue weighted by Crippen LogP contribution is -2.41. The number of benzene rings is 1. The molecule has 3 rings (SSSR count). The van der Waals surface area contributed by atoms with Crippen molar-refractivity contribution in [2.24, 2.45) is 11.8 Å². The van der Waals surface area contributed by atoms with Gasteiger partial charge in [0, 0.05) is 31.3 Å². The standard InChI is InChI=1S/C22H32N4O2/c1-16(2)24-22(27)12-17-9-10-23-14-18(17)11-19-13-21(28-25-19)15-26(3)20-7-5-4-6-8-20/h4-8,13,16-18,23H,9-12,14-15H2,1-3H3,(H,24,27)/t17-,18+/m1/s1. The van der Waals surface area contributed by atoms with Crippen LogP contribution in [-0.2, 0) is 17.8 Å². The average molecular weight is 385 g/mol. The van der Waals surface area contributed by atoms with E-state index in [2.05, 4.69) is 38.9 Å². The number of hydrogen-bond acceptors (Lipinski definition) is 5. The van der Waals surface area contributed by atoms with Crippen LogP contribution in [0.15, 0.2) is 40.9 Å². The maximum atomic E-state index is 12.2. The maximum absolute atomic E-state index is 12.2. The molecule has 1 aromatic carbocycles. The second-order valence-corrected chi connectivity index (χ2v) is 8.12. The Morgan fingerprint density at radius 1 is 1.32 bits per heavy atom. The van der Waals surface area contributed by atoms with E-state index in [4.69, 9.17) is 4.52 Å². The predicted molar refractivity (Wildman–Crippen MR) is 111 cm³/mol. The summed E-state index contributed by atoms with van der Waals surface area (Å²) in [6.45, 7) is 6.58. The van der Waals surface area contributed by atoms with Gasteiger partial charge < -0.3 is 20.1 Å². The van der Waals surface area contributed by atoms with Crippen LogP contribution in [0.4, 0.5) is 5.69 Å². The Bertz CT molecular complexity index is 744. The van der Waals surface area contributed by atoms with Gasteiger partial charge in [-0.25, -0.2) is 0 Å². The number of anilines is 1. The number of carbonyl (C=O) groups is 1. The van der Waals surface area contributed by atoms with Crippen molar-refractivity contribution in [3.8, 4) is 0 Å². The molecule has 0 radical (unpaired) electrons. The minimum Gasteiger partial charge on any atom is -0.367 e. The molecule has 2 heterocycles. The number of amides is 1. The first-order valence-electron chi connectivity index (χ1n) is 10.2. The summed E-state index contributed by atoms with van der Waals surface area (Å²) in [5.74, 6) is 1.79. The van der Waals surface area contributed by atoms with Crippen LogP contribution in [0.25, 0.3) is 0 Å². The van der Waals surface area contributed by atoms with E-state index < -0.39 is 0 Å². The number of hydrogen-bond donors (Lipinski definition) is 2. The number of rotatable bonds is 8. The zero-order chi connectivity index (χ0) is 19.9. The Balaban J connectivity index is 1.57.